The lowest BCUT2D eigenvalue weighted by Gasteiger charge is -2.17. The minimum absolute atomic E-state index is 0.239. The molecular formula is C16H16F3NO3S. The van der Waals surface area contributed by atoms with Gasteiger partial charge in [-0.15, -0.1) is 0 Å². The molecule has 0 amide bonds. The molecule has 0 aliphatic heterocycles. The fourth-order valence-electron chi connectivity index (χ4n) is 2.21. The number of para-hydroxylation sites is 1. The Hall–Kier alpha value is -2.06. The third-order valence-corrected chi connectivity index (χ3v) is 4.99. The van der Waals surface area contributed by atoms with E-state index < -0.39 is 27.8 Å². The molecule has 2 rings (SSSR count). The maximum atomic E-state index is 12.6. The number of alkyl halides is 3. The van der Waals surface area contributed by atoms with Gasteiger partial charge in [-0.1, -0.05) is 18.2 Å². The molecule has 1 atom stereocenters. The van der Waals surface area contributed by atoms with Crippen LogP contribution in [-0.2, 0) is 16.2 Å². The van der Waals surface area contributed by atoms with Crippen LogP contribution in [0, 0.1) is 0 Å². The van der Waals surface area contributed by atoms with Crippen LogP contribution in [0.15, 0.2) is 53.4 Å². The molecule has 1 N–H and O–H groups in total. The summed E-state index contributed by atoms with van der Waals surface area (Å²) in [5.74, 6) is 0.514. The van der Waals surface area contributed by atoms with Crippen molar-refractivity contribution in [1.29, 1.82) is 0 Å². The van der Waals surface area contributed by atoms with Gasteiger partial charge in [-0.2, -0.15) is 13.2 Å². The Kier molecular flexibility index (Phi) is 5.19. The van der Waals surface area contributed by atoms with E-state index in [2.05, 4.69) is 4.72 Å². The quantitative estimate of drug-likeness (QED) is 0.885. The Bertz CT molecular complexity index is 802. The van der Waals surface area contributed by atoms with Crippen molar-refractivity contribution < 1.29 is 26.3 Å². The summed E-state index contributed by atoms with van der Waals surface area (Å²) in [6.07, 6.45) is -4.51. The number of ether oxygens (including phenoxy) is 1. The number of methoxy groups -OCH3 is 1. The summed E-state index contributed by atoms with van der Waals surface area (Å²) in [6.45, 7) is 1.62. The number of rotatable bonds is 5. The summed E-state index contributed by atoms with van der Waals surface area (Å²) in [4.78, 5) is -0.239. The predicted octanol–water partition coefficient (Wildman–Crippen LogP) is 3.75. The molecule has 0 fully saturated rings. The van der Waals surface area contributed by atoms with E-state index in [1.54, 1.807) is 31.2 Å². The number of benzene rings is 2. The number of hydrogen-bond donors (Lipinski definition) is 1. The highest BCUT2D eigenvalue weighted by Crippen LogP contribution is 2.30. The molecule has 2 aromatic carbocycles. The highest BCUT2D eigenvalue weighted by atomic mass is 32.2. The number of nitrogens with one attached hydrogen (secondary N) is 1. The first-order valence-corrected chi connectivity index (χ1v) is 8.46. The summed E-state index contributed by atoms with van der Waals surface area (Å²) < 4.78 is 70.0. The third kappa shape index (κ3) is 4.07. The van der Waals surface area contributed by atoms with Crippen molar-refractivity contribution in [2.75, 3.05) is 7.11 Å². The normalized spacial score (nSPS) is 13.5. The van der Waals surface area contributed by atoms with E-state index >= 15 is 0 Å². The molecule has 0 saturated heterocycles. The van der Waals surface area contributed by atoms with Crippen molar-refractivity contribution in [2.45, 2.75) is 24.0 Å². The summed E-state index contributed by atoms with van der Waals surface area (Å²) in [6, 6.07) is 9.61. The van der Waals surface area contributed by atoms with E-state index in [1.807, 2.05) is 0 Å². The van der Waals surface area contributed by atoms with Gasteiger partial charge in [0.2, 0.25) is 10.0 Å². The lowest BCUT2D eigenvalue weighted by molar-refractivity contribution is -0.137. The van der Waals surface area contributed by atoms with Crippen LogP contribution in [0.1, 0.15) is 24.1 Å². The molecule has 0 aliphatic rings. The second kappa shape index (κ2) is 6.82. The van der Waals surface area contributed by atoms with Gasteiger partial charge in [0.05, 0.1) is 17.6 Å². The number of halogens is 3. The zero-order valence-corrected chi connectivity index (χ0v) is 13.8. The first kappa shape index (κ1) is 18.3. The monoisotopic (exact) mass is 359 g/mol. The summed E-state index contributed by atoms with van der Waals surface area (Å²) in [5.41, 5.74) is -0.283. The molecule has 0 aromatic heterocycles. The van der Waals surface area contributed by atoms with Crippen molar-refractivity contribution >= 4 is 10.0 Å². The van der Waals surface area contributed by atoms with Gasteiger partial charge < -0.3 is 4.74 Å². The Morgan fingerprint density at radius 1 is 1.04 bits per heavy atom. The fraction of sp³-hybridized carbons (Fsp3) is 0.250. The van der Waals surface area contributed by atoms with E-state index in [0.29, 0.717) is 11.3 Å². The van der Waals surface area contributed by atoms with Gasteiger partial charge in [-0.3, -0.25) is 0 Å². The maximum absolute atomic E-state index is 12.6. The van der Waals surface area contributed by atoms with Crippen molar-refractivity contribution in [3.63, 3.8) is 0 Å². The van der Waals surface area contributed by atoms with E-state index in [-0.39, 0.29) is 4.90 Å². The zero-order chi connectivity index (χ0) is 18.0. The van der Waals surface area contributed by atoms with Gasteiger partial charge in [0, 0.05) is 11.6 Å². The van der Waals surface area contributed by atoms with E-state index in [4.69, 9.17) is 4.74 Å². The number of sulfonamides is 1. The second-order valence-electron chi connectivity index (χ2n) is 5.11. The van der Waals surface area contributed by atoms with Gasteiger partial charge in [0.25, 0.3) is 0 Å². The summed E-state index contributed by atoms with van der Waals surface area (Å²) in [7, 11) is -2.50. The molecular weight excluding hydrogens is 343 g/mol. The van der Waals surface area contributed by atoms with Gasteiger partial charge in [-0.05, 0) is 37.3 Å². The van der Waals surface area contributed by atoms with Crippen molar-refractivity contribution in [3.05, 3.63) is 59.7 Å². The lowest BCUT2D eigenvalue weighted by Crippen LogP contribution is -2.27. The molecule has 0 bridgehead atoms. The molecule has 0 aliphatic carbocycles. The van der Waals surface area contributed by atoms with Crippen LogP contribution in [0.2, 0.25) is 0 Å². The van der Waals surface area contributed by atoms with Crippen molar-refractivity contribution in [2.24, 2.45) is 0 Å². The van der Waals surface area contributed by atoms with Crippen LogP contribution < -0.4 is 9.46 Å². The lowest BCUT2D eigenvalue weighted by atomic mass is 10.1. The van der Waals surface area contributed by atoms with Gasteiger partial charge >= 0.3 is 6.18 Å². The minimum Gasteiger partial charge on any atom is -0.496 e. The molecule has 4 nitrogen and oxygen atoms in total. The van der Waals surface area contributed by atoms with Crippen molar-refractivity contribution in [3.8, 4) is 5.75 Å². The zero-order valence-electron chi connectivity index (χ0n) is 13.0. The Morgan fingerprint density at radius 2 is 1.62 bits per heavy atom. The molecule has 0 spiro atoms. The molecule has 130 valence electrons. The van der Waals surface area contributed by atoms with Crippen LogP contribution in [0.25, 0.3) is 0 Å². The second-order valence-corrected chi connectivity index (χ2v) is 6.82. The molecule has 2 aromatic rings. The van der Waals surface area contributed by atoms with Gasteiger partial charge in [-0.25, -0.2) is 13.1 Å². The maximum Gasteiger partial charge on any atom is 0.416 e. The largest absolute Gasteiger partial charge is 0.496 e. The van der Waals surface area contributed by atoms with E-state index in [1.165, 1.54) is 7.11 Å². The fourth-order valence-corrected chi connectivity index (χ4v) is 3.43. The minimum atomic E-state index is -4.51. The van der Waals surface area contributed by atoms with Crippen LogP contribution in [-0.4, -0.2) is 15.5 Å². The van der Waals surface area contributed by atoms with Crippen LogP contribution in [0.3, 0.4) is 0 Å². The van der Waals surface area contributed by atoms with Crippen LogP contribution in [0.5, 0.6) is 5.75 Å². The average molecular weight is 359 g/mol. The smallest absolute Gasteiger partial charge is 0.416 e. The van der Waals surface area contributed by atoms with Crippen molar-refractivity contribution in [1.82, 2.24) is 4.72 Å². The molecule has 8 heteroatoms. The molecule has 0 heterocycles. The molecule has 0 saturated carbocycles. The van der Waals surface area contributed by atoms with Gasteiger partial charge in [0.15, 0.2) is 0 Å². The average Bonchev–Trinajstić information content (AvgIpc) is 2.53. The molecule has 0 radical (unpaired) electrons. The van der Waals surface area contributed by atoms with Gasteiger partial charge in [0.1, 0.15) is 5.75 Å². The number of hydrogen-bond acceptors (Lipinski definition) is 3. The first-order valence-electron chi connectivity index (χ1n) is 6.97. The molecule has 0 unspecified atom stereocenters. The highest BCUT2D eigenvalue weighted by Gasteiger charge is 2.30. The third-order valence-electron chi connectivity index (χ3n) is 3.43. The SMILES string of the molecule is COc1ccccc1[C@H](C)NS(=O)(=O)c1ccc(C(F)(F)F)cc1. The summed E-state index contributed by atoms with van der Waals surface area (Å²) in [5, 5.41) is 0. The predicted molar refractivity (Wildman–Crippen MR) is 83.2 cm³/mol. The Balaban J connectivity index is 2.25. The van der Waals surface area contributed by atoms with Crippen LogP contribution >= 0.6 is 0 Å². The Labute approximate surface area is 138 Å². The van der Waals surface area contributed by atoms with E-state index in [9.17, 15) is 21.6 Å². The molecule has 24 heavy (non-hydrogen) atoms. The highest BCUT2D eigenvalue weighted by molar-refractivity contribution is 7.89. The first-order chi connectivity index (χ1) is 11.1. The standard InChI is InChI=1S/C16H16F3NO3S/c1-11(14-5-3-4-6-15(14)23-2)20-24(21,22)13-9-7-12(8-10-13)16(17,18)19/h3-11,20H,1-2H3/t11-/m0/s1. The Morgan fingerprint density at radius 3 is 2.17 bits per heavy atom. The topological polar surface area (TPSA) is 55.4 Å². The summed E-state index contributed by atoms with van der Waals surface area (Å²) >= 11 is 0. The van der Waals surface area contributed by atoms with E-state index in [0.717, 1.165) is 24.3 Å². The van der Waals surface area contributed by atoms with Crippen LogP contribution in [0.4, 0.5) is 13.2 Å².